The zero-order chi connectivity index (χ0) is 18.2. The molecule has 1 aliphatic heterocycles. The molecule has 0 unspecified atom stereocenters. The molecule has 1 fully saturated rings. The molecule has 1 aromatic carbocycles. The summed E-state index contributed by atoms with van der Waals surface area (Å²) >= 11 is 4.54. The van der Waals surface area contributed by atoms with Gasteiger partial charge in [0.05, 0.1) is 15.2 Å². The maximum absolute atomic E-state index is 12.7. The highest BCUT2D eigenvalue weighted by Gasteiger charge is 2.28. The second-order valence-electron chi connectivity index (χ2n) is 7.29. The van der Waals surface area contributed by atoms with Gasteiger partial charge in [0.1, 0.15) is 4.21 Å². The van der Waals surface area contributed by atoms with Crippen LogP contribution < -0.4 is 9.62 Å². The molecule has 0 spiro atoms. The minimum absolute atomic E-state index is 0.312. The van der Waals surface area contributed by atoms with Crippen LogP contribution in [0.15, 0.2) is 38.3 Å². The Morgan fingerprint density at radius 1 is 1.16 bits per heavy atom. The van der Waals surface area contributed by atoms with Crippen molar-refractivity contribution in [1.29, 1.82) is 0 Å². The molecule has 0 radical (unpaired) electrons. The number of thiophene rings is 1. The van der Waals surface area contributed by atoms with Crippen LogP contribution in [0, 0.1) is 12.3 Å². The smallest absolute Gasteiger partial charge is 0.271 e. The average Bonchev–Trinajstić information content (AvgIpc) is 2.96. The summed E-state index contributed by atoms with van der Waals surface area (Å²) in [5.74, 6) is 0. The van der Waals surface area contributed by atoms with Gasteiger partial charge in [-0.05, 0) is 64.9 Å². The molecule has 4 nitrogen and oxygen atoms in total. The Kier molecular flexibility index (Phi) is 5.19. The first-order valence-corrected chi connectivity index (χ1v) is 11.4. The van der Waals surface area contributed by atoms with Crippen molar-refractivity contribution in [3.63, 3.8) is 0 Å². The fraction of sp³-hybridized carbons (Fsp3) is 0.444. The minimum atomic E-state index is -3.58. The summed E-state index contributed by atoms with van der Waals surface area (Å²) in [6.45, 7) is 8.50. The van der Waals surface area contributed by atoms with Gasteiger partial charge in [0.25, 0.3) is 10.0 Å². The number of sulfonamides is 1. The maximum Gasteiger partial charge on any atom is 0.271 e. The fourth-order valence-corrected chi connectivity index (χ4v) is 6.21. The summed E-state index contributed by atoms with van der Waals surface area (Å²) in [7, 11) is -3.58. The van der Waals surface area contributed by atoms with Crippen molar-refractivity contribution in [1.82, 2.24) is 0 Å². The average molecular weight is 443 g/mol. The van der Waals surface area contributed by atoms with E-state index in [2.05, 4.69) is 39.4 Å². The molecule has 2 aromatic rings. The molecule has 0 atom stereocenters. The van der Waals surface area contributed by atoms with Gasteiger partial charge in [-0.2, -0.15) is 0 Å². The van der Waals surface area contributed by atoms with Crippen molar-refractivity contribution < 1.29 is 8.42 Å². The van der Waals surface area contributed by atoms with E-state index in [0.717, 1.165) is 41.0 Å². The number of anilines is 2. The van der Waals surface area contributed by atoms with Crippen molar-refractivity contribution >= 4 is 48.7 Å². The maximum atomic E-state index is 12.7. The second kappa shape index (κ2) is 6.93. The van der Waals surface area contributed by atoms with E-state index in [4.69, 9.17) is 0 Å². The van der Waals surface area contributed by atoms with Crippen LogP contribution in [0.25, 0.3) is 0 Å². The summed E-state index contributed by atoms with van der Waals surface area (Å²) in [4.78, 5) is 2.31. The third-order valence-electron chi connectivity index (χ3n) is 4.73. The van der Waals surface area contributed by atoms with Gasteiger partial charge in [-0.3, -0.25) is 4.72 Å². The van der Waals surface area contributed by atoms with Crippen LogP contribution in [0.3, 0.4) is 0 Å². The largest absolute Gasteiger partial charge is 0.370 e. The van der Waals surface area contributed by atoms with Crippen molar-refractivity contribution in [2.45, 2.75) is 37.8 Å². The molecule has 1 aliphatic rings. The third kappa shape index (κ3) is 4.20. The topological polar surface area (TPSA) is 49.4 Å². The van der Waals surface area contributed by atoms with Crippen LogP contribution in [0.5, 0.6) is 0 Å². The van der Waals surface area contributed by atoms with Gasteiger partial charge in [-0.25, -0.2) is 8.42 Å². The number of benzene rings is 1. The van der Waals surface area contributed by atoms with E-state index < -0.39 is 10.0 Å². The predicted octanol–water partition coefficient (Wildman–Crippen LogP) is 5.25. The lowest BCUT2D eigenvalue weighted by atomic mass is 9.82. The lowest BCUT2D eigenvalue weighted by Crippen LogP contribution is -2.38. The Balaban J connectivity index is 1.91. The number of nitrogens with one attached hydrogen (secondary N) is 1. The Labute approximate surface area is 162 Å². The lowest BCUT2D eigenvalue weighted by molar-refractivity contribution is 0.280. The first kappa shape index (κ1) is 18.7. The van der Waals surface area contributed by atoms with E-state index >= 15 is 0 Å². The Morgan fingerprint density at radius 3 is 2.44 bits per heavy atom. The van der Waals surface area contributed by atoms with Crippen LogP contribution in [-0.4, -0.2) is 21.5 Å². The van der Waals surface area contributed by atoms with Crippen molar-refractivity contribution in [2.24, 2.45) is 5.41 Å². The third-order valence-corrected chi connectivity index (χ3v) is 8.21. The monoisotopic (exact) mass is 442 g/mol. The van der Waals surface area contributed by atoms with Crippen molar-refractivity contribution in [3.05, 3.63) is 39.7 Å². The summed E-state index contributed by atoms with van der Waals surface area (Å²) in [6.07, 6.45) is 2.21. The minimum Gasteiger partial charge on any atom is -0.370 e. The molecular formula is C18H23BrN2O2S2. The molecule has 7 heteroatoms. The highest BCUT2D eigenvalue weighted by Crippen LogP contribution is 2.38. The molecule has 25 heavy (non-hydrogen) atoms. The molecule has 0 amide bonds. The molecule has 0 aliphatic carbocycles. The van der Waals surface area contributed by atoms with Crippen molar-refractivity contribution in [3.8, 4) is 0 Å². The predicted molar refractivity (Wildman–Crippen MR) is 109 cm³/mol. The first-order valence-electron chi connectivity index (χ1n) is 8.31. The van der Waals surface area contributed by atoms with Crippen LogP contribution >= 0.6 is 27.3 Å². The number of halogens is 1. The first-order chi connectivity index (χ1) is 11.7. The van der Waals surface area contributed by atoms with Crippen LogP contribution in [0.1, 0.15) is 32.3 Å². The van der Waals surface area contributed by atoms with Crippen LogP contribution in [0.4, 0.5) is 11.4 Å². The van der Waals surface area contributed by atoms with Crippen molar-refractivity contribution in [2.75, 3.05) is 22.7 Å². The molecule has 136 valence electrons. The normalized spacial score (nSPS) is 17.5. The van der Waals surface area contributed by atoms with Crippen LogP contribution in [-0.2, 0) is 10.0 Å². The Morgan fingerprint density at radius 2 is 1.84 bits per heavy atom. The van der Waals surface area contributed by atoms with E-state index in [0.29, 0.717) is 15.3 Å². The number of hydrogen-bond donors (Lipinski definition) is 1. The zero-order valence-electron chi connectivity index (χ0n) is 14.7. The summed E-state index contributed by atoms with van der Waals surface area (Å²) < 4.78 is 29.4. The lowest BCUT2D eigenvalue weighted by Gasteiger charge is -2.39. The molecule has 2 heterocycles. The molecule has 1 aromatic heterocycles. The van der Waals surface area contributed by atoms with Crippen LogP contribution in [0.2, 0.25) is 0 Å². The van der Waals surface area contributed by atoms with E-state index in [1.807, 2.05) is 25.1 Å². The molecule has 0 bridgehead atoms. The highest BCUT2D eigenvalue weighted by molar-refractivity contribution is 9.11. The molecule has 3 rings (SSSR count). The number of nitrogens with zero attached hydrogens (tertiary/aromatic N) is 1. The second-order valence-corrected chi connectivity index (χ2v) is 11.7. The fourth-order valence-electron chi connectivity index (χ4n) is 3.13. The van der Waals surface area contributed by atoms with Gasteiger partial charge < -0.3 is 4.90 Å². The highest BCUT2D eigenvalue weighted by atomic mass is 79.9. The van der Waals surface area contributed by atoms with Gasteiger partial charge in [-0.1, -0.05) is 26.0 Å². The Bertz CT molecular complexity index is 865. The van der Waals surface area contributed by atoms with Gasteiger partial charge in [0.15, 0.2) is 0 Å². The van der Waals surface area contributed by atoms with Gasteiger partial charge >= 0.3 is 0 Å². The Hall–Kier alpha value is -1.05. The van der Waals surface area contributed by atoms with E-state index in [-0.39, 0.29) is 0 Å². The number of hydrogen-bond acceptors (Lipinski definition) is 4. The molecule has 1 saturated heterocycles. The quantitative estimate of drug-likeness (QED) is 0.703. The molecule has 0 saturated carbocycles. The standard InChI is InChI=1S/C18H23BrN2O2S2/c1-13-5-4-6-14(17(13)21-11-9-18(2,3)10-12-21)20-25(22,23)16-8-7-15(19)24-16/h4-8,20H,9-12H2,1-3H3. The van der Waals surface area contributed by atoms with E-state index in [9.17, 15) is 8.42 Å². The molecular weight excluding hydrogens is 420 g/mol. The zero-order valence-corrected chi connectivity index (χ0v) is 17.9. The summed E-state index contributed by atoms with van der Waals surface area (Å²) in [5, 5.41) is 0. The summed E-state index contributed by atoms with van der Waals surface area (Å²) in [6, 6.07) is 9.16. The number of aryl methyl sites for hydroxylation is 1. The SMILES string of the molecule is Cc1cccc(NS(=O)(=O)c2ccc(Br)s2)c1N1CCC(C)(C)CC1. The summed E-state index contributed by atoms with van der Waals surface area (Å²) in [5.41, 5.74) is 3.09. The number of rotatable bonds is 4. The van der Waals surface area contributed by atoms with Gasteiger partial charge in [0.2, 0.25) is 0 Å². The van der Waals surface area contributed by atoms with E-state index in [1.165, 1.54) is 11.3 Å². The van der Waals surface area contributed by atoms with Gasteiger partial charge in [-0.15, -0.1) is 11.3 Å². The number of piperidine rings is 1. The van der Waals surface area contributed by atoms with Gasteiger partial charge in [0, 0.05) is 13.1 Å². The van der Waals surface area contributed by atoms with E-state index in [1.54, 1.807) is 12.1 Å². The number of para-hydroxylation sites is 1. The molecule has 1 N–H and O–H groups in total.